The van der Waals surface area contributed by atoms with E-state index < -0.39 is 5.97 Å². The zero-order valence-corrected chi connectivity index (χ0v) is 10.6. The molecule has 0 fully saturated rings. The second-order valence-corrected chi connectivity index (χ2v) is 4.57. The third-order valence-electron chi connectivity index (χ3n) is 2.72. The Hall–Kier alpha value is -1.35. The third kappa shape index (κ3) is 5.50. The Balaban J connectivity index is 2.25. The lowest BCUT2D eigenvalue weighted by Gasteiger charge is -2.07. The van der Waals surface area contributed by atoms with Crippen LogP contribution in [-0.4, -0.2) is 17.6 Å². The number of carboxylic acid groups (broad SMARTS) is 1. The van der Waals surface area contributed by atoms with Crippen LogP contribution >= 0.6 is 0 Å². The summed E-state index contributed by atoms with van der Waals surface area (Å²) in [5.74, 6) is -0.166. The minimum atomic E-state index is -0.729. The zero-order valence-electron chi connectivity index (χ0n) is 10.6. The van der Waals surface area contributed by atoms with Gasteiger partial charge in [-0.15, -0.1) is 0 Å². The Bertz CT molecular complexity index is 344. The summed E-state index contributed by atoms with van der Waals surface area (Å²) in [6.45, 7) is 5.91. The van der Waals surface area contributed by atoms with Gasteiger partial charge in [0.15, 0.2) is 0 Å². The molecule has 0 aromatic heterocycles. The van der Waals surface area contributed by atoms with Gasteiger partial charge in [-0.1, -0.05) is 38.1 Å². The van der Waals surface area contributed by atoms with E-state index in [-0.39, 0.29) is 6.42 Å². The van der Waals surface area contributed by atoms with Crippen LogP contribution in [0.3, 0.4) is 0 Å². The van der Waals surface area contributed by atoms with Gasteiger partial charge in [-0.25, -0.2) is 0 Å². The number of aliphatic carboxylic acids is 1. The van der Waals surface area contributed by atoms with Crippen LogP contribution in [0.2, 0.25) is 0 Å². The number of rotatable bonds is 7. The Morgan fingerprint density at radius 2 is 1.94 bits per heavy atom. The van der Waals surface area contributed by atoms with Gasteiger partial charge in [0.25, 0.3) is 0 Å². The summed E-state index contributed by atoms with van der Waals surface area (Å²) in [5, 5.41) is 11.7. The molecule has 2 N–H and O–H groups in total. The third-order valence-corrected chi connectivity index (χ3v) is 2.72. The quantitative estimate of drug-likeness (QED) is 0.714. The zero-order chi connectivity index (χ0) is 12.7. The van der Waals surface area contributed by atoms with Crippen LogP contribution in [-0.2, 0) is 11.3 Å². The molecule has 17 heavy (non-hydrogen) atoms. The number of hydrogen-bond donors (Lipinski definition) is 2. The molecule has 0 aliphatic heterocycles. The molecule has 0 amide bonds. The first kappa shape index (κ1) is 13.7. The molecule has 3 heteroatoms. The molecule has 0 aliphatic carbocycles. The van der Waals surface area contributed by atoms with Gasteiger partial charge in [-0.2, -0.15) is 0 Å². The summed E-state index contributed by atoms with van der Waals surface area (Å²) in [7, 11) is 0. The van der Waals surface area contributed by atoms with Gasteiger partial charge in [0, 0.05) is 13.0 Å². The van der Waals surface area contributed by atoms with Crippen molar-refractivity contribution in [2.45, 2.75) is 39.2 Å². The first-order chi connectivity index (χ1) is 8.09. The van der Waals surface area contributed by atoms with E-state index in [1.807, 2.05) is 0 Å². The molecule has 0 saturated heterocycles. The van der Waals surface area contributed by atoms with Crippen LogP contribution in [0.15, 0.2) is 24.3 Å². The van der Waals surface area contributed by atoms with Crippen molar-refractivity contribution >= 4 is 5.97 Å². The average molecular weight is 235 g/mol. The smallest absolute Gasteiger partial charge is 0.303 e. The van der Waals surface area contributed by atoms with Crippen molar-refractivity contribution in [3.63, 3.8) is 0 Å². The molecule has 1 aromatic carbocycles. The highest BCUT2D eigenvalue weighted by Crippen LogP contribution is 2.14. The highest BCUT2D eigenvalue weighted by Gasteiger charge is 1.99. The molecule has 0 spiro atoms. The fourth-order valence-corrected chi connectivity index (χ4v) is 1.62. The Kier molecular flexibility index (Phi) is 5.70. The van der Waals surface area contributed by atoms with E-state index >= 15 is 0 Å². The Morgan fingerprint density at radius 3 is 2.47 bits per heavy atom. The van der Waals surface area contributed by atoms with Crippen molar-refractivity contribution in [2.75, 3.05) is 6.54 Å². The van der Waals surface area contributed by atoms with E-state index in [9.17, 15) is 4.79 Å². The largest absolute Gasteiger partial charge is 0.481 e. The summed E-state index contributed by atoms with van der Waals surface area (Å²) in [6, 6.07) is 8.55. The number of benzene rings is 1. The standard InChI is InChI=1S/C14H21NO2/c1-11(2)13-7-5-12(6-8-13)10-15-9-3-4-14(16)17/h5-8,11,15H,3-4,9-10H2,1-2H3,(H,16,17). The second-order valence-electron chi connectivity index (χ2n) is 4.57. The van der Waals surface area contributed by atoms with Crippen molar-refractivity contribution in [1.82, 2.24) is 5.32 Å². The van der Waals surface area contributed by atoms with Crippen LogP contribution in [0.4, 0.5) is 0 Å². The summed E-state index contributed by atoms with van der Waals surface area (Å²) >= 11 is 0. The Morgan fingerprint density at radius 1 is 1.29 bits per heavy atom. The Labute approximate surface area is 103 Å². The predicted molar refractivity (Wildman–Crippen MR) is 69.1 cm³/mol. The molecule has 1 rings (SSSR count). The maximum atomic E-state index is 10.3. The van der Waals surface area contributed by atoms with Gasteiger partial charge < -0.3 is 10.4 Å². The van der Waals surface area contributed by atoms with Crippen LogP contribution in [0.1, 0.15) is 43.7 Å². The molecule has 0 bridgehead atoms. The summed E-state index contributed by atoms with van der Waals surface area (Å²) < 4.78 is 0. The van der Waals surface area contributed by atoms with Crippen LogP contribution in [0.5, 0.6) is 0 Å². The van der Waals surface area contributed by atoms with E-state index in [1.54, 1.807) is 0 Å². The van der Waals surface area contributed by atoms with Gasteiger partial charge >= 0.3 is 5.97 Å². The van der Waals surface area contributed by atoms with Crippen molar-refractivity contribution in [3.8, 4) is 0 Å². The molecule has 0 aliphatic rings. The molecule has 0 atom stereocenters. The summed E-state index contributed by atoms with van der Waals surface area (Å²) in [4.78, 5) is 10.3. The topological polar surface area (TPSA) is 49.3 Å². The number of nitrogens with one attached hydrogen (secondary N) is 1. The summed E-state index contributed by atoms with van der Waals surface area (Å²) in [5.41, 5.74) is 2.59. The normalized spacial score (nSPS) is 10.8. The number of carbonyl (C=O) groups is 1. The molecule has 1 aromatic rings. The first-order valence-corrected chi connectivity index (χ1v) is 6.11. The van der Waals surface area contributed by atoms with Crippen LogP contribution < -0.4 is 5.32 Å². The monoisotopic (exact) mass is 235 g/mol. The molecular weight excluding hydrogens is 214 g/mol. The van der Waals surface area contributed by atoms with Crippen LogP contribution in [0.25, 0.3) is 0 Å². The minimum Gasteiger partial charge on any atom is -0.481 e. The van der Waals surface area contributed by atoms with E-state index in [1.165, 1.54) is 11.1 Å². The van der Waals surface area contributed by atoms with Crippen LogP contribution in [0, 0.1) is 0 Å². The first-order valence-electron chi connectivity index (χ1n) is 6.11. The van der Waals surface area contributed by atoms with Crippen molar-refractivity contribution in [3.05, 3.63) is 35.4 Å². The van der Waals surface area contributed by atoms with E-state index in [4.69, 9.17) is 5.11 Å². The lowest BCUT2D eigenvalue weighted by molar-refractivity contribution is -0.137. The SMILES string of the molecule is CC(C)c1ccc(CNCCCC(=O)O)cc1. The molecular formula is C14H21NO2. The maximum absolute atomic E-state index is 10.3. The van der Waals surface area contributed by atoms with Crippen molar-refractivity contribution in [2.24, 2.45) is 0 Å². The highest BCUT2D eigenvalue weighted by molar-refractivity contribution is 5.66. The molecule has 0 saturated carbocycles. The lowest BCUT2D eigenvalue weighted by Crippen LogP contribution is -2.15. The minimum absolute atomic E-state index is 0.235. The number of hydrogen-bond acceptors (Lipinski definition) is 2. The van der Waals surface area contributed by atoms with Crippen molar-refractivity contribution in [1.29, 1.82) is 0 Å². The van der Waals surface area contributed by atoms with Gasteiger partial charge in [0.1, 0.15) is 0 Å². The van der Waals surface area contributed by atoms with E-state index in [0.29, 0.717) is 12.3 Å². The molecule has 0 heterocycles. The van der Waals surface area contributed by atoms with E-state index in [2.05, 4.69) is 43.4 Å². The molecule has 3 nitrogen and oxygen atoms in total. The van der Waals surface area contributed by atoms with Gasteiger partial charge in [0.2, 0.25) is 0 Å². The molecule has 94 valence electrons. The fraction of sp³-hybridized carbons (Fsp3) is 0.500. The molecule has 0 radical (unpaired) electrons. The predicted octanol–water partition coefficient (Wildman–Crippen LogP) is 2.76. The van der Waals surface area contributed by atoms with Gasteiger partial charge in [-0.05, 0) is 30.0 Å². The number of carboxylic acids is 1. The summed E-state index contributed by atoms with van der Waals surface area (Å²) in [6.07, 6.45) is 0.915. The molecule has 0 unspecified atom stereocenters. The fourth-order valence-electron chi connectivity index (χ4n) is 1.62. The lowest BCUT2D eigenvalue weighted by atomic mass is 10.0. The van der Waals surface area contributed by atoms with Gasteiger partial charge in [-0.3, -0.25) is 4.79 Å². The van der Waals surface area contributed by atoms with Crippen molar-refractivity contribution < 1.29 is 9.90 Å². The average Bonchev–Trinajstić information content (AvgIpc) is 2.29. The maximum Gasteiger partial charge on any atom is 0.303 e. The highest BCUT2D eigenvalue weighted by atomic mass is 16.4. The van der Waals surface area contributed by atoms with Gasteiger partial charge in [0.05, 0.1) is 0 Å². The van der Waals surface area contributed by atoms with E-state index in [0.717, 1.165) is 13.1 Å². The second kappa shape index (κ2) is 7.07.